The molecule has 0 saturated carbocycles. The molecule has 0 aliphatic heterocycles. The number of phenolic OH excluding ortho intramolecular Hbond substituents is 2. The minimum Gasteiger partial charge on any atom is -0.504 e. The molecule has 0 spiro atoms. The van der Waals surface area contributed by atoms with Gasteiger partial charge in [0.2, 0.25) is 0 Å². The topological polar surface area (TPSA) is 160 Å². The molecular weight excluding hydrogens is 428 g/mol. The highest BCUT2D eigenvalue weighted by atomic mass is 16.3. The Kier molecular flexibility index (Phi) is 6.14. The lowest BCUT2D eigenvalue weighted by molar-refractivity contribution is -0.123. The van der Waals surface area contributed by atoms with E-state index >= 15 is 0 Å². The lowest BCUT2D eigenvalue weighted by Gasteiger charge is -2.26. The molecule has 0 bridgehead atoms. The number of nitrogens with zero attached hydrogens (tertiary/aromatic N) is 3. The van der Waals surface area contributed by atoms with Crippen molar-refractivity contribution >= 4 is 28.3 Å². The number of fused-ring (bicyclic) bond motifs is 3. The molecule has 0 saturated heterocycles. The zero-order chi connectivity index (χ0) is 23.6. The van der Waals surface area contributed by atoms with Gasteiger partial charge in [0.15, 0.2) is 28.7 Å². The van der Waals surface area contributed by atoms with Crippen molar-refractivity contribution in [2.75, 3.05) is 31.7 Å². The molecule has 10 nitrogen and oxygen atoms in total. The molecule has 10 heteroatoms. The molecule has 0 radical (unpaired) electrons. The number of benzene rings is 2. The molecule has 6 N–H and O–H groups in total. The molecule has 4 aromatic rings. The number of rotatable bonds is 9. The van der Waals surface area contributed by atoms with Crippen molar-refractivity contribution in [1.82, 2.24) is 14.4 Å². The number of para-hydroxylation sites is 2. The number of aromatic nitrogens is 3. The van der Waals surface area contributed by atoms with Crippen LogP contribution in [0.3, 0.4) is 0 Å². The van der Waals surface area contributed by atoms with Gasteiger partial charge in [-0.2, -0.15) is 0 Å². The number of ketones is 1. The van der Waals surface area contributed by atoms with Crippen molar-refractivity contribution in [3.63, 3.8) is 0 Å². The Hall–Kier alpha value is -3.73. The molecule has 0 unspecified atom stereocenters. The van der Waals surface area contributed by atoms with E-state index in [0.717, 1.165) is 5.52 Å². The van der Waals surface area contributed by atoms with E-state index in [-0.39, 0.29) is 30.2 Å². The SMILES string of the molecule is O=C(CNc1nc2ccccc2n2c(-c3ccc(O)c(O)c3)cnc12)CC(CO)(CO)CO. The zero-order valence-corrected chi connectivity index (χ0v) is 17.6. The van der Waals surface area contributed by atoms with Gasteiger partial charge in [-0.05, 0) is 30.3 Å². The summed E-state index contributed by atoms with van der Waals surface area (Å²) in [6, 6.07) is 11.8. The van der Waals surface area contributed by atoms with Crippen LogP contribution in [0.1, 0.15) is 6.42 Å². The van der Waals surface area contributed by atoms with E-state index < -0.39 is 25.2 Å². The van der Waals surface area contributed by atoms with Crippen LogP contribution in [0.15, 0.2) is 48.7 Å². The number of imidazole rings is 1. The second-order valence-electron chi connectivity index (χ2n) is 8.00. The maximum atomic E-state index is 12.5. The van der Waals surface area contributed by atoms with E-state index in [4.69, 9.17) is 0 Å². The molecule has 0 aliphatic rings. The van der Waals surface area contributed by atoms with Crippen LogP contribution in [0.25, 0.3) is 27.9 Å². The maximum absolute atomic E-state index is 12.5. The average Bonchev–Trinajstić information content (AvgIpc) is 3.28. The van der Waals surface area contributed by atoms with E-state index in [9.17, 15) is 30.3 Å². The van der Waals surface area contributed by atoms with Crippen LogP contribution < -0.4 is 5.32 Å². The molecule has 0 aliphatic carbocycles. The van der Waals surface area contributed by atoms with Crippen LogP contribution in [-0.4, -0.2) is 72.0 Å². The molecule has 2 aromatic heterocycles. The minimum atomic E-state index is -1.29. The van der Waals surface area contributed by atoms with Gasteiger partial charge in [-0.3, -0.25) is 9.20 Å². The number of Topliss-reactive ketones (excluding diaryl/α,β-unsaturated/α-hetero) is 1. The Bertz CT molecular complexity index is 1310. The van der Waals surface area contributed by atoms with Crippen molar-refractivity contribution in [3.05, 3.63) is 48.7 Å². The van der Waals surface area contributed by atoms with Gasteiger partial charge < -0.3 is 30.8 Å². The van der Waals surface area contributed by atoms with Crippen LogP contribution in [0.5, 0.6) is 11.5 Å². The number of nitrogens with one attached hydrogen (secondary N) is 1. The van der Waals surface area contributed by atoms with Gasteiger partial charge in [0, 0.05) is 17.4 Å². The average molecular weight is 452 g/mol. The normalized spacial score (nSPS) is 11.8. The number of phenols is 2. The molecule has 0 fully saturated rings. The molecule has 2 heterocycles. The summed E-state index contributed by atoms with van der Waals surface area (Å²) in [4.78, 5) is 21.5. The molecular formula is C23H24N4O6. The summed E-state index contributed by atoms with van der Waals surface area (Å²) in [5.74, 6) is -0.469. The molecule has 2 aromatic carbocycles. The fourth-order valence-corrected chi connectivity index (χ4v) is 3.67. The van der Waals surface area contributed by atoms with Crippen molar-refractivity contribution in [3.8, 4) is 22.8 Å². The third kappa shape index (κ3) is 4.19. The van der Waals surface area contributed by atoms with Gasteiger partial charge in [0.25, 0.3) is 0 Å². The second-order valence-corrected chi connectivity index (χ2v) is 8.00. The van der Waals surface area contributed by atoms with E-state index in [1.54, 1.807) is 12.3 Å². The van der Waals surface area contributed by atoms with Crippen molar-refractivity contribution in [1.29, 1.82) is 0 Å². The number of anilines is 1. The summed E-state index contributed by atoms with van der Waals surface area (Å²) in [5, 5.41) is 51.0. The predicted molar refractivity (Wildman–Crippen MR) is 121 cm³/mol. The fraction of sp³-hybridized carbons (Fsp3) is 0.261. The predicted octanol–water partition coefficient (Wildman–Crippen LogP) is 1.30. The summed E-state index contributed by atoms with van der Waals surface area (Å²) in [6.07, 6.45) is 1.40. The Morgan fingerprint density at radius 3 is 2.42 bits per heavy atom. The zero-order valence-electron chi connectivity index (χ0n) is 17.6. The summed E-state index contributed by atoms with van der Waals surface area (Å²) in [7, 11) is 0. The van der Waals surface area contributed by atoms with E-state index in [1.165, 1.54) is 12.1 Å². The first-order valence-electron chi connectivity index (χ1n) is 10.3. The maximum Gasteiger partial charge on any atom is 0.181 e. The highest BCUT2D eigenvalue weighted by molar-refractivity contribution is 5.89. The van der Waals surface area contributed by atoms with Crippen LogP contribution in [0, 0.1) is 5.41 Å². The number of hydrogen-bond acceptors (Lipinski definition) is 9. The first-order chi connectivity index (χ1) is 15.9. The number of carbonyl (C=O) groups is 1. The van der Waals surface area contributed by atoms with E-state index in [0.29, 0.717) is 28.2 Å². The third-order valence-corrected chi connectivity index (χ3v) is 5.63. The Morgan fingerprint density at radius 2 is 1.73 bits per heavy atom. The second kappa shape index (κ2) is 9.02. The molecule has 172 valence electrons. The standard InChI is InChI=1S/C23H24N4O6/c28-11-23(12-29,13-30)8-15(31)9-24-21-22-25-10-18(14-5-6-19(32)20(33)7-14)27(22)17-4-2-1-3-16(17)26-21/h1-7,10,28-30,32-33H,8-9,11-13H2,(H,24,26). The van der Waals surface area contributed by atoms with E-state index in [2.05, 4.69) is 15.3 Å². The number of carbonyl (C=O) groups excluding carboxylic acids is 1. The highest BCUT2D eigenvalue weighted by Crippen LogP contribution is 2.33. The Labute approximate surface area is 188 Å². The number of aliphatic hydroxyl groups is 3. The first-order valence-corrected chi connectivity index (χ1v) is 10.3. The molecule has 4 rings (SSSR count). The molecule has 0 atom stereocenters. The Balaban J connectivity index is 1.73. The summed E-state index contributed by atoms with van der Waals surface area (Å²) < 4.78 is 1.83. The van der Waals surface area contributed by atoms with E-state index in [1.807, 2.05) is 28.7 Å². The van der Waals surface area contributed by atoms with Crippen LogP contribution in [-0.2, 0) is 4.79 Å². The van der Waals surface area contributed by atoms with Gasteiger partial charge in [-0.25, -0.2) is 9.97 Å². The summed E-state index contributed by atoms with van der Waals surface area (Å²) in [5.41, 5.74) is 1.82. The van der Waals surface area contributed by atoms with Crippen LogP contribution in [0.2, 0.25) is 0 Å². The lowest BCUT2D eigenvalue weighted by Crippen LogP contribution is -2.37. The van der Waals surface area contributed by atoms with Crippen molar-refractivity contribution in [2.24, 2.45) is 5.41 Å². The quantitative estimate of drug-likeness (QED) is 0.206. The van der Waals surface area contributed by atoms with Crippen LogP contribution in [0.4, 0.5) is 5.82 Å². The van der Waals surface area contributed by atoms with Gasteiger partial charge in [0.1, 0.15) is 0 Å². The minimum absolute atomic E-state index is 0.148. The van der Waals surface area contributed by atoms with Crippen LogP contribution >= 0.6 is 0 Å². The van der Waals surface area contributed by atoms with Crippen molar-refractivity contribution < 1.29 is 30.3 Å². The first kappa shape index (κ1) is 22.5. The summed E-state index contributed by atoms with van der Waals surface area (Å²) in [6.45, 7) is -1.71. The fourth-order valence-electron chi connectivity index (χ4n) is 3.67. The largest absolute Gasteiger partial charge is 0.504 e. The van der Waals surface area contributed by atoms with Gasteiger partial charge >= 0.3 is 0 Å². The number of aliphatic hydroxyl groups excluding tert-OH is 3. The number of aromatic hydroxyl groups is 2. The smallest absolute Gasteiger partial charge is 0.181 e. The molecule has 0 amide bonds. The third-order valence-electron chi connectivity index (χ3n) is 5.63. The van der Waals surface area contributed by atoms with Gasteiger partial charge in [-0.1, -0.05) is 12.1 Å². The van der Waals surface area contributed by atoms with Crippen molar-refractivity contribution in [2.45, 2.75) is 6.42 Å². The lowest BCUT2D eigenvalue weighted by atomic mass is 9.85. The summed E-state index contributed by atoms with van der Waals surface area (Å²) >= 11 is 0. The Morgan fingerprint density at radius 1 is 1.00 bits per heavy atom. The van der Waals surface area contributed by atoms with Gasteiger partial charge in [-0.15, -0.1) is 0 Å². The van der Waals surface area contributed by atoms with Gasteiger partial charge in [0.05, 0.1) is 49.3 Å². The molecule has 33 heavy (non-hydrogen) atoms. The monoisotopic (exact) mass is 452 g/mol. The highest BCUT2D eigenvalue weighted by Gasteiger charge is 2.31. The number of hydrogen-bond donors (Lipinski definition) is 6.